The molecule has 5 rings (SSSR count). The van der Waals surface area contributed by atoms with Gasteiger partial charge in [-0.25, -0.2) is 4.98 Å². The number of piperidine rings is 1. The lowest BCUT2D eigenvalue weighted by atomic mass is 9.85. The van der Waals surface area contributed by atoms with Crippen LogP contribution in [0.2, 0.25) is 0 Å². The van der Waals surface area contributed by atoms with Crippen LogP contribution in [0.15, 0.2) is 60.9 Å². The van der Waals surface area contributed by atoms with Gasteiger partial charge in [0.2, 0.25) is 0 Å². The van der Waals surface area contributed by atoms with Crippen LogP contribution in [-0.4, -0.2) is 59.9 Å². The minimum atomic E-state index is -4.43. The lowest BCUT2D eigenvalue weighted by Crippen LogP contribution is -2.30. The van der Waals surface area contributed by atoms with E-state index in [1.54, 1.807) is 44.6 Å². The maximum atomic E-state index is 14.1. The van der Waals surface area contributed by atoms with E-state index in [4.69, 9.17) is 0 Å². The van der Waals surface area contributed by atoms with Crippen LogP contribution in [0.3, 0.4) is 0 Å². The van der Waals surface area contributed by atoms with Crippen LogP contribution in [0.5, 0.6) is 0 Å². The number of nitrogens with zero attached hydrogens (tertiary/aromatic N) is 3. The van der Waals surface area contributed by atoms with Gasteiger partial charge in [0.05, 0.1) is 5.56 Å². The second-order valence-corrected chi connectivity index (χ2v) is 9.98. The zero-order chi connectivity index (χ0) is 26.3. The molecule has 0 spiro atoms. The third-order valence-corrected chi connectivity index (χ3v) is 7.23. The quantitative estimate of drug-likeness (QED) is 0.347. The van der Waals surface area contributed by atoms with Crippen LogP contribution in [0.4, 0.5) is 13.2 Å². The highest BCUT2D eigenvalue weighted by Gasteiger charge is 2.36. The number of hydrogen-bond acceptors (Lipinski definition) is 3. The highest BCUT2D eigenvalue weighted by Crippen LogP contribution is 2.41. The van der Waals surface area contributed by atoms with Crippen LogP contribution >= 0.6 is 0 Å². The van der Waals surface area contributed by atoms with Crippen LogP contribution in [0.25, 0.3) is 33.3 Å². The molecule has 0 unspecified atom stereocenters. The van der Waals surface area contributed by atoms with Crippen molar-refractivity contribution in [3.05, 3.63) is 77.6 Å². The molecule has 1 aliphatic rings. The van der Waals surface area contributed by atoms with Crippen molar-refractivity contribution < 1.29 is 18.0 Å². The normalized spacial score (nSPS) is 15.3. The fraction of sp³-hybridized carbons (Fsp3) is 0.310. The van der Waals surface area contributed by atoms with E-state index < -0.39 is 11.7 Å². The highest BCUT2D eigenvalue weighted by atomic mass is 19.4. The Balaban J connectivity index is 1.52. The van der Waals surface area contributed by atoms with Gasteiger partial charge in [-0.2, -0.15) is 13.2 Å². The Morgan fingerprint density at radius 1 is 1.00 bits per heavy atom. The summed E-state index contributed by atoms with van der Waals surface area (Å²) in [5, 5.41) is 0.803. The van der Waals surface area contributed by atoms with E-state index in [1.165, 1.54) is 11.0 Å². The Hall–Kier alpha value is -3.65. The fourth-order valence-corrected chi connectivity index (χ4v) is 5.11. The summed E-state index contributed by atoms with van der Waals surface area (Å²) in [7, 11) is 5.40. The molecule has 1 amide bonds. The molecule has 1 saturated heterocycles. The molecule has 1 aliphatic heterocycles. The summed E-state index contributed by atoms with van der Waals surface area (Å²) in [5.74, 6) is -0.181. The SMILES string of the molecule is CN1CCC(c2ccc(-c3cnc4[nH]cc(-c5ccc(C(=O)N(C)C)cc5)c4c3)cc2C(F)(F)F)CC1. The standard InChI is InChI=1S/C29H29F3N4O/c1-35(2)28(37)20-6-4-18(5-7-20)25-17-34-27-24(25)14-22(16-33-27)21-8-9-23(26(15-21)29(30,31)32)19-10-12-36(3)13-11-19/h4-9,14-17,19H,10-13H2,1-3H3,(H,33,34). The van der Waals surface area contributed by atoms with Crippen molar-refractivity contribution in [3.63, 3.8) is 0 Å². The van der Waals surface area contributed by atoms with Crippen molar-refractivity contribution in [1.82, 2.24) is 19.8 Å². The predicted octanol–water partition coefficient (Wildman–Crippen LogP) is 6.43. The minimum Gasteiger partial charge on any atom is -0.346 e. The number of hydrogen-bond donors (Lipinski definition) is 1. The van der Waals surface area contributed by atoms with Crippen LogP contribution < -0.4 is 0 Å². The van der Waals surface area contributed by atoms with E-state index in [0.717, 1.165) is 42.4 Å². The average molecular weight is 507 g/mol. The lowest BCUT2D eigenvalue weighted by molar-refractivity contribution is -0.138. The summed E-state index contributed by atoms with van der Waals surface area (Å²) < 4.78 is 42.4. The van der Waals surface area contributed by atoms with Gasteiger partial charge < -0.3 is 14.8 Å². The number of benzene rings is 2. The average Bonchev–Trinajstić information content (AvgIpc) is 3.31. The number of likely N-dealkylation sites (tertiary alicyclic amines) is 1. The maximum Gasteiger partial charge on any atom is 0.416 e. The first-order valence-electron chi connectivity index (χ1n) is 12.3. The second-order valence-electron chi connectivity index (χ2n) is 9.98. The molecule has 0 radical (unpaired) electrons. The molecule has 1 fully saturated rings. The van der Waals surface area contributed by atoms with Gasteiger partial charge >= 0.3 is 6.18 Å². The van der Waals surface area contributed by atoms with E-state index in [0.29, 0.717) is 27.9 Å². The summed E-state index contributed by atoms with van der Waals surface area (Å²) in [5.41, 5.74) is 3.90. The van der Waals surface area contributed by atoms with Gasteiger partial charge in [0, 0.05) is 48.6 Å². The third-order valence-electron chi connectivity index (χ3n) is 7.23. The monoisotopic (exact) mass is 506 g/mol. The topological polar surface area (TPSA) is 52.2 Å². The molecular weight excluding hydrogens is 477 g/mol. The summed E-state index contributed by atoms with van der Waals surface area (Å²) in [4.78, 5) is 23.5. The number of pyridine rings is 1. The smallest absolute Gasteiger partial charge is 0.346 e. The Labute approximate surface area is 213 Å². The number of aromatic nitrogens is 2. The van der Waals surface area contributed by atoms with Crippen molar-refractivity contribution in [1.29, 1.82) is 0 Å². The molecule has 0 atom stereocenters. The van der Waals surface area contributed by atoms with E-state index >= 15 is 0 Å². The van der Waals surface area contributed by atoms with Gasteiger partial charge in [0.1, 0.15) is 5.65 Å². The number of fused-ring (bicyclic) bond motifs is 1. The Bertz CT molecular complexity index is 1430. The van der Waals surface area contributed by atoms with Crippen molar-refractivity contribution in [3.8, 4) is 22.3 Å². The number of carbonyl (C=O) groups excluding carboxylic acids is 1. The van der Waals surface area contributed by atoms with E-state index in [2.05, 4.69) is 14.9 Å². The molecule has 0 saturated carbocycles. The first-order valence-corrected chi connectivity index (χ1v) is 12.3. The van der Waals surface area contributed by atoms with Gasteiger partial charge in [-0.3, -0.25) is 4.79 Å². The summed E-state index contributed by atoms with van der Waals surface area (Å²) >= 11 is 0. The Morgan fingerprint density at radius 3 is 2.32 bits per heavy atom. The molecular formula is C29H29F3N4O. The number of nitrogens with one attached hydrogen (secondary N) is 1. The third kappa shape index (κ3) is 4.98. The largest absolute Gasteiger partial charge is 0.416 e. The predicted molar refractivity (Wildman–Crippen MR) is 139 cm³/mol. The number of alkyl halides is 3. The molecule has 5 nitrogen and oxygen atoms in total. The first-order chi connectivity index (χ1) is 17.6. The van der Waals surface area contributed by atoms with Crippen molar-refractivity contribution in [2.75, 3.05) is 34.2 Å². The Morgan fingerprint density at radius 2 is 1.68 bits per heavy atom. The number of aromatic amines is 1. The van der Waals surface area contributed by atoms with Gasteiger partial charge in [-0.1, -0.05) is 24.3 Å². The molecule has 0 aliphatic carbocycles. The van der Waals surface area contributed by atoms with Crippen LogP contribution in [0, 0.1) is 0 Å². The van der Waals surface area contributed by atoms with E-state index in [1.807, 2.05) is 31.4 Å². The zero-order valence-corrected chi connectivity index (χ0v) is 21.1. The first kappa shape index (κ1) is 25.0. The molecule has 2 aromatic heterocycles. The zero-order valence-electron chi connectivity index (χ0n) is 21.1. The van der Waals surface area contributed by atoms with Crippen molar-refractivity contribution >= 4 is 16.9 Å². The summed E-state index contributed by atoms with van der Waals surface area (Å²) in [6.45, 7) is 1.59. The van der Waals surface area contributed by atoms with Crippen molar-refractivity contribution in [2.24, 2.45) is 0 Å². The van der Waals surface area contributed by atoms with Crippen molar-refractivity contribution in [2.45, 2.75) is 24.9 Å². The fourth-order valence-electron chi connectivity index (χ4n) is 5.11. The maximum absolute atomic E-state index is 14.1. The summed E-state index contributed by atoms with van der Waals surface area (Å²) in [6, 6.07) is 13.8. The number of amides is 1. The molecule has 1 N–H and O–H groups in total. The molecule has 192 valence electrons. The molecule has 37 heavy (non-hydrogen) atoms. The van der Waals surface area contributed by atoms with E-state index in [-0.39, 0.29) is 11.8 Å². The lowest BCUT2D eigenvalue weighted by Gasteiger charge is -2.31. The molecule has 8 heteroatoms. The summed E-state index contributed by atoms with van der Waals surface area (Å²) in [6.07, 6.45) is 0.439. The second kappa shape index (κ2) is 9.67. The molecule has 4 aromatic rings. The van der Waals surface area contributed by atoms with Gasteiger partial charge in [0.25, 0.3) is 5.91 Å². The van der Waals surface area contributed by atoms with Gasteiger partial charge in [0.15, 0.2) is 0 Å². The van der Waals surface area contributed by atoms with Gasteiger partial charge in [-0.05, 0) is 79.9 Å². The number of carbonyl (C=O) groups is 1. The number of H-pyrrole nitrogens is 1. The van der Waals surface area contributed by atoms with Crippen LogP contribution in [0.1, 0.15) is 40.2 Å². The highest BCUT2D eigenvalue weighted by molar-refractivity contribution is 5.98. The molecule has 2 aromatic carbocycles. The minimum absolute atomic E-state index is 0.0846. The molecule has 0 bridgehead atoms. The number of halogens is 3. The van der Waals surface area contributed by atoms with Gasteiger partial charge in [-0.15, -0.1) is 0 Å². The Kier molecular flexibility index (Phi) is 6.54. The van der Waals surface area contributed by atoms with E-state index in [9.17, 15) is 18.0 Å². The molecule has 3 heterocycles. The van der Waals surface area contributed by atoms with Crippen LogP contribution in [-0.2, 0) is 6.18 Å². The number of rotatable bonds is 4.